The molecule has 1 saturated heterocycles. The molecule has 0 spiro atoms. The van der Waals surface area contributed by atoms with Crippen LogP contribution in [0.15, 0.2) is 30.3 Å². The van der Waals surface area contributed by atoms with Crippen molar-refractivity contribution in [1.29, 1.82) is 0 Å². The lowest BCUT2D eigenvalue weighted by Gasteiger charge is -2.30. The molecule has 0 bridgehead atoms. The van der Waals surface area contributed by atoms with Crippen molar-refractivity contribution in [2.45, 2.75) is 25.0 Å². The van der Waals surface area contributed by atoms with E-state index >= 15 is 0 Å². The van der Waals surface area contributed by atoms with Crippen molar-refractivity contribution >= 4 is 0 Å². The number of nitrogens with two attached hydrogens (primary N) is 1. The van der Waals surface area contributed by atoms with Crippen LogP contribution in [0.2, 0.25) is 0 Å². The number of aryl methyl sites for hydroxylation is 1. The van der Waals surface area contributed by atoms with E-state index in [1.165, 1.54) is 5.56 Å². The zero-order chi connectivity index (χ0) is 11.9. The SMILES string of the molecule is NNC(CCc1ccccc1)C1COCCO1. The third kappa shape index (κ3) is 3.78. The molecule has 0 aliphatic carbocycles. The summed E-state index contributed by atoms with van der Waals surface area (Å²) in [6.45, 7) is 1.98. The van der Waals surface area contributed by atoms with E-state index in [9.17, 15) is 0 Å². The summed E-state index contributed by atoms with van der Waals surface area (Å²) in [5.41, 5.74) is 4.16. The summed E-state index contributed by atoms with van der Waals surface area (Å²) in [6, 6.07) is 10.6. The first-order valence-corrected chi connectivity index (χ1v) is 6.09. The van der Waals surface area contributed by atoms with Crippen LogP contribution in [0.3, 0.4) is 0 Å². The van der Waals surface area contributed by atoms with Gasteiger partial charge in [0.05, 0.1) is 25.9 Å². The minimum Gasteiger partial charge on any atom is -0.376 e. The van der Waals surface area contributed by atoms with E-state index in [1.54, 1.807) is 0 Å². The molecule has 0 radical (unpaired) electrons. The largest absolute Gasteiger partial charge is 0.376 e. The van der Waals surface area contributed by atoms with Gasteiger partial charge in [0.2, 0.25) is 0 Å². The number of nitrogens with one attached hydrogen (secondary N) is 1. The second-order valence-electron chi connectivity index (χ2n) is 4.28. The van der Waals surface area contributed by atoms with Crippen LogP contribution in [-0.2, 0) is 15.9 Å². The third-order valence-corrected chi connectivity index (χ3v) is 3.09. The third-order valence-electron chi connectivity index (χ3n) is 3.09. The Balaban J connectivity index is 1.82. The molecule has 3 N–H and O–H groups in total. The summed E-state index contributed by atoms with van der Waals surface area (Å²) in [5.74, 6) is 5.58. The summed E-state index contributed by atoms with van der Waals surface area (Å²) in [4.78, 5) is 0. The van der Waals surface area contributed by atoms with Gasteiger partial charge in [-0.3, -0.25) is 11.3 Å². The van der Waals surface area contributed by atoms with Crippen LogP contribution >= 0.6 is 0 Å². The number of hydrogen-bond donors (Lipinski definition) is 2. The number of hydrazine groups is 1. The lowest BCUT2D eigenvalue weighted by Crippen LogP contribution is -2.49. The number of hydrogen-bond acceptors (Lipinski definition) is 4. The van der Waals surface area contributed by atoms with Crippen LogP contribution in [-0.4, -0.2) is 32.0 Å². The molecule has 0 aromatic heterocycles. The van der Waals surface area contributed by atoms with Gasteiger partial charge < -0.3 is 9.47 Å². The molecule has 17 heavy (non-hydrogen) atoms. The Labute approximate surface area is 102 Å². The molecule has 0 amide bonds. The van der Waals surface area contributed by atoms with Crippen LogP contribution in [0.5, 0.6) is 0 Å². The standard InChI is InChI=1S/C13H20N2O2/c14-15-12(13-10-16-8-9-17-13)7-6-11-4-2-1-3-5-11/h1-5,12-13,15H,6-10,14H2. The van der Waals surface area contributed by atoms with Gasteiger partial charge in [0.25, 0.3) is 0 Å². The molecule has 1 aromatic rings. The van der Waals surface area contributed by atoms with Gasteiger partial charge >= 0.3 is 0 Å². The lowest BCUT2D eigenvalue weighted by atomic mass is 10.0. The maximum Gasteiger partial charge on any atom is 0.0975 e. The summed E-state index contributed by atoms with van der Waals surface area (Å²) in [6.07, 6.45) is 2.02. The molecule has 2 rings (SSSR count). The first-order chi connectivity index (χ1) is 8.40. The molecule has 94 valence electrons. The van der Waals surface area contributed by atoms with Crippen molar-refractivity contribution in [2.75, 3.05) is 19.8 Å². The van der Waals surface area contributed by atoms with E-state index in [1.807, 2.05) is 6.07 Å². The van der Waals surface area contributed by atoms with E-state index in [0.717, 1.165) is 12.8 Å². The van der Waals surface area contributed by atoms with E-state index in [2.05, 4.69) is 29.7 Å². The highest BCUT2D eigenvalue weighted by Crippen LogP contribution is 2.12. The number of rotatable bonds is 5. The molecule has 2 atom stereocenters. The summed E-state index contributed by atoms with van der Waals surface area (Å²) in [7, 11) is 0. The average molecular weight is 236 g/mol. The predicted molar refractivity (Wildman–Crippen MR) is 66.4 cm³/mol. The van der Waals surface area contributed by atoms with Crippen LogP contribution in [0.4, 0.5) is 0 Å². The molecule has 4 nitrogen and oxygen atoms in total. The fourth-order valence-corrected chi connectivity index (χ4v) is 2.08. The Morgan fingerprint density at radius 1 is 1.29 bits per heavy atom. The Morgan fingerprint density at radius 3 is 2.76 bits per heavy atom. The zero-order valence-electron chi connectivity index (χ0n) is 9.97. The molecule has 1 fully saturated rings. The minimum absolute atomic E-state index is 0.0671. The first-order valence-electron chi connectivity index (χ1n) is 6.09. The highest BCUT2D eigenvalue weighted by atomic mass is 16.6. The van der Waals surface area contributed by atoms with Crippen LogP contribution in [0.1, 0.15) is 12.0 Å². The molecule has 1 aliphatic heterocycles. The van der Waals surface area contributed by atoms with E-state index in [4.69, 9.17) is 15.3 Å². The van der Waals surface area contributed by atoms with E-state index in [0.29, 0.717) is 19.8 Å². The Hall–Kier alpha value is -0.940. The highest BCUT2D eigenvalue weighted by Gasteiger charge is 2.23. The normalized spacial score (nSPS) is 22.3. The molecule has 0 saturated carbocycles. The molecule has 1 aliphatic rings. The van der Waals surface area contributed by atoms with Gasteiger partial charge in [-0.05, 0) is 18.4 Å². The van der Waals surface area contributed by atoms with E-state index in [-0.39, 0.29) is 12.1 Å². The van der Waals surface area contributed by atoms with Gasteiger partial charge in [-0.15, -0.1) is 0 Å². The first kappa shape index (κ1) is 12.5. The van der Waals surface area contributed by atoms with Crippen molar-refractivity contribution in [3.63, 3.8) is 0 Å². The highest BCUT2D eigenvalue weighted by molar-refractivity contribution is 5.14. The second kappa shape index (κ2) is 6.71. The number of benzene rings is 1. The van der Waals surface area contributed by atoms with Crippen molar-refractivity contribution in [2.24, 2.45) is 5.84 Å². The molecular weight excluding hydrogens is 216 g/mol. The Kier molecular flexibility index (Phi) is 4.94. The van der Waals surface area contributed by atoms with Crippen molar-refractivity contribution in [1.82, 2.24) is 5.43 Å². The van der Waals surface area contributed by atoms with Gasteiger partial charge in [0.1, 0.15) is 0 Å². The fraction of sp³-hybridized carbons (Fsp3) is 0.538. The maximum absolute atomic E-state index is 5.65. The molecule has 2 unspecified atom stereocenters. The average Bonchev–Trinajstić information content (AvgIpc) is 2.42. The van der Waals surface area contributed by atoms with Crippen molar-refractivity contribution in [3.05, 3.63) is 35.9 Å². The monoisotopic (exact) mass is 236 g/mol. The molecular formula is C13H20N2O2. The van der Waals surface area contributed by atoms with Crippen molar-refractivity contribution < 1.29 is 9.47 Å². The van der Waals surface area contributed by atoms with Gasteiger partial charge in [0.15, 0.2) is 0 Å². The Bertz CT molecular complexity index is 312. The van der Waals surface area contributed by atoms with Crippen LogP contribution in [0.25, 0.3) is 0 Å². The second-order valence-corrected chi connectivity index (χ2v) is 4.28. The minimum atomic E-state index is 0.0671. The van der Waals surface area contributed by atoms with Crippen LogP contribution < -0.4 is 11.3 Å². The maximum atomic E-state index is 5.65. The van der Waals surface area contributed by atoms with E-state index < -0.39 is 0 Å². The zero-order valence-corrected chi connectivity index (χ0v) is 9.97. The number of ether oxygens (including phenoxy) is 2. The predicted octanol–water partition coefficient (Wildman–Crippen LogP) is 0.866. The van der Waals surface area contributed by atoms with Gasteiger partial charge in [-0.1, -0.05) is 30.3 Å². The van der Waals surface area contributed by atoms with Gasteiger partial charge in [-0.2, -0.15) is 0 Å². The fourth-order valence-electron chi connectivity index (χ4n) is 2.08. The molecule has 1 heterocycles. The van der Waals surface area contributed by atoms with Gasteiger partial charge in [0, 0.05) is 6.04 Å². The summed E-state index contributed by atoms with van der Waals surface area (Å²) in [5, 5.41) is 0. The summed E-state index contributed by atoms with van der Waals surface area (Å²) < 4.78 is 11.0. The van der Waals surface area contributed by atoms with Crippen LogP contribution in [0, 0.1) is 0 Å². The lowest BCUT2D eigenvalue weighted by molar-refractivity contribution is -0.102. The molecule has 1 aromatic carbocycles. The topological polar surface area (TPSA) is 56.5 Å². The quantitative estimate of drug-likeness (QED) is 0.588. The molecule has 4 heteroatoms. The van der Waals surface area contributed by atoms with Crippen molar-refractivity contribution in [3.8, 4) is 0 Å². The smallest absolute Gasteiger partial charge is 0.0975 e. The summed E-state index contributed by atoms with van der Waals surface area (Å²) >= 11 is 0. The van der Waals surface area contributed by atoms with Gasteiger partial charge in [-0.25, -0.2) is 0 Å². The Morgan fingerprint density at radius 2 is 2.12 bits per heavy atom.